The summed E-state index contributed by atoms with van der Waals surface area (Å²) in [7, 11) is 4.17. The standard InChI is InChI=1S/C23H24BrNO5/c1-28-18-9-11-21-20(12-18)16(6-10-19(22(26)29-2)23(27)30-3)14-25(21)13-15-4-7-17(24)8-5-15/h4-5,7-9,11-12,14,19H,6,10,13H2,1-3H3. The minimum absolute atomic E-state index is 0.300. The topological polar surface area (TPSA) is 66.8 Å². The summed E-state index contributed by atoms with van der Waals surface area (Å²) >= 11 is 3.46. The highest BCUT2D eigenvalue weighted by atomic mass is 79.9. The molecule has 0 bridgehead atoms. The highest BCUT2D eigenvalue weighted by Crippen LogP contribution is 2.29. The molecule has 6 nitrogen and oxygen atoms in total. The summed E-state index contributed by atoms with van der Waals surface area (Å²) in [6, 6.07) is 14.1. The first-order valence-electron chi connectivity index (χ1n) is 9.52. The van der Waals surface area contributed by atoms with E-state index in [-0.39, 0.29) is 0 Å². The largest absolute Gasteiger partial charge is 0.497 e. The van der Waals surface area contributed by atoms with Crippen LogP contribution in [0.5, 0.6) is 5.75 Å². The number of hydrogen-bond donors (Lipinski definition) is 0. The average molecular weight is 474 g/mol. The van der Waals surface area contributed by atoms with Gasteiger partial charge in [-0.25, -0.2) is 0 Å². The number of carbonyl (C=O) groups excluding carboxylic acids is 2. The molecule has 0 saturated carbocycles. The van der Waals surface area contributed by atoms with Gasteiger partial charge in [-0.2, -0.15) is 0 Å². The van der Waals surface area contributed by atoms with E-state index < -0.39 is 17.9 Å². The summed E-state index contributed by atoms with van der Waals surface area (Å²) in [6.45, 7) is 0.702. The molecule has 30 heavy (non-hydrogen) atoms. The Kier molecular flexibility index (Phi) is 7.15. The van der Waals surface area contributed by atoms with Gasteiger partial charge in [0, 0.05) is 28.1 Å². The number of fused-ring (bicyclic) bond motifs is 1. The molecule has 3 aromatic rings. The minimum Gasteiger partial charge on any atom is -0.497 e. The van der Waals surface area contributed by atoms with Crippen molar-refractivity contribution in [2.45, 2.75) is 19.4 Å². The Morgan fingerprint density at radius 3 is 2.27 bits per heavy atom. The zero-order valence-corrected chi connectivity index (χ0v) is 18.8. The second kappa shape index (κ2) is 9.80. The lowest BCUT2D eigenvalue weighted by Gasteiger charge is -2.11. The zero-order valence-electron chi connectivity index (χ0n) is 17.2. The Morgan fingerprint density at radius 1 is 1.00 bits per heavy atom. The van der Waals surface area contributed by atoms with Gasteiger partial charge in [0.15, 0.2) is 5.92 Å². The number of ether oxygens (including phenoxy) is 3. The Hall–Kier alpha value is -2.80. The number of aryl methyl sites for hydroxylation is 1. The van der Waals surface area contributed by atoms with Gasteiger partial charge in [-0.3, -0.25) is 9.59 Å². The Balaban J connectivity index is 1.93. The van der Waals surface area contributed by atoms with Crippen molar-refractivity contribution in [1.29, 1.82) is 0 Å². The molecule has 0 spiro atoms. The van der Waals surface area contributed by atoms with Gasteiger partial charge < -0.3 is 18.8 Å². The third kappa shape index (κ3) is 4.84. The van der Waals surface area contributed by atoms with Crippen molar-refractivity contribution < 1.29 is 23.8 Å². The van der Waals surface area contributed by atoms with Crippen LogP contribution in [0.4, 0.5) is 0 Å². The molecule has 3 rings (SSSR count). The summed E-state index contributed by atoms with van der Waals surface area (Å²) in [4.78, 5) is 24.0. The number of rotatable bonds is 8. The molecule has 1 aromatic heterocycles. The van der Waals surface area contributed by atoms with Crippen LogP contribution in [0, 0.1) is 5.92 Å². The molecule has 0 N–H and O–H groups in total. The van der Waals surface area contributed by atoms with Crippen LogP contribution in [-0.4, -0.2) is 37.8 Å². The molecule has 0 fully saturated rings. The van der Waals surface area contributed by atoms with Crippen molar-refractivity contribution in [3.8, 4) is 5.75 Å². The van der Waals surface area contributed by atoms with Crippen molar-refractivity contribution in [3.63, 3.8) is 0 Å². The van der Waals surface area contributed by atoms with E-state index in [0.29, 0.717) is 19.4 Å². The van der Waals surface area contributed by atoms with Crippen molar-refractivity contribution >= 4 is 38.8 Å². The molecule has 0 aliphatic carbocycles. The van der Waals surface area contributed by atoms with Gasteiger partial charge in [-0.1, -0.05) is 28.1 Å². The molecular formula is C23H24BrNO5. The van der Waals surface area contributed by atoms with E-state index in [1.165, 1.54) is 19.8 Å². The molecule has 0 unspecified atom stereocenters. The first-order valence-corrected chi connectivity index (χ1v) is 10.3. The van der Waals surface area contributed by atoms with Crippen LogP contribution in [0.1, 0.15) is 17.5 Å². The number of esters is 2. The van der Waals surface area contributed by atoms with Gasteiger partial charge >= 0.3 is 11.9 Å². The molecule has 158 valence electrons. The third-order valence-electron chi connectivity index (χ3n) is 5.11. The monoisotopic (exact) mass is 473 g/mol. The van der Waals surface area contributed by atoms with E-state index in [2.05, 4.69) is 38.8 Å². The molecule has 0 saturated heterocycles. The van der Waals surface area contributed by atoms with Crippen LogP contribution in [-0.2, 0) is 32.0 Å². The van der Waals surface area contributed by atoms with Crippen LogP contribution < -0.4 is 4.74 Å². The van der Waals surface area contributed by atoms with Crippen LogP contribution >= 0.6 is 15.9 Å². The summed E-state index contributed by atoms with van der Waals surface area (Å²) in [5.41, 5.74) is 3.25. The van der Waals surface area contributed by atoms with Gasteiger partial charge in [-0.05, 0) is 54.3 Å². The number of carbonyl (C=O) groups is 2. The van der Waals surface area contributed by atoms with Crippen LogP contribution in [0.3, 0.4) is 0 Å². The van der Waals surface area contributed by atoms with Crippen molar-refractivity contribution in [3.05, 3.63) is 64.3 Å². The fourth-order valence-corrected chi connectivity index (χ4v) is 3.77. The maximum Gasteiger partial charge on any atom is 0.320 e. The van der Waals surface area contributed by atoms with E-state index in [0.717, 1.165) is 26.7 Å². The van der Waals surface area contributed by atoms with E-state index in [1.54, 1.807) is 7.11 Å². The lowest BCUT2D eigenvalue weighted by atomic mass is 9.99. The average Bonchev–Trinajstić information content (AvgIpc) is 3.11. The Bertz CT molecular complexity index is 1030. The molecular weight excluding hydrogens is 450 g/mol. The summed E-state index contributed by atoms with van der Waals surface area (Å²) < 4.78 is 18.1. The second-order valence-electron chi connectivity index (χ2n) is 6.93. The van der Waals surface area contributed by atoms with Crippen molar-refractivity contribution in [2.75, 3.05) is 21.3 Å². The predicted molar refractivity (Wildman–Crippen MR) is 118 cm³/mol. The molecule has 7 heteroatoms. The lowest BCUT2D eigenvalue weighted by Crippen LogP contribution is -2.27. The first-order chi connectivity index (χ1) is 14.5. The third-order valence-corrected chi connectivity index (χ3v) is 5.64. The highest BCUT2D eigenvalue weighted by molar-refractivity contribution is 9.10. The molecule has 0 aliphatic heterocycles. The number of aromatic nitrogens is 1. The second-order valence-corrected chi connectivity index (χ2v) is 7.85. The van der Waals surface area contributed by atoms with E-state index >= 15 is 0 Å². The van der Waals surface area contributed by atoms with Gasteiger partial charge in [0.1, 0.15) is 5.75 Å². The zero-order chi connectivity index (χ0) is 21.7. The van der Waals surface area contributed by atoms with Crippen LogP contribution in [0.25, 0.3) is 10.9 Å². The number of nitrogens with zero attached hydrogens (tertiary/aromatic N) is 1. The number of hydrogen-bond acceptors (Lipinski definition) is 5. The van der Waals surface area contributed by atoms with E-state index in [1.807, 2.05) is 30.3 Å². The fraction of sp³-hybridized carbons (Fsp3) is 0.304. The number of methoxy groups -OCH3 is 3. The normalized spacial score (nSPS) is 11.0. The highest BCUT2D eigenvalue weighted by Gasteiger charge is 2.28. The Labute approximate surface area is 183 Å². The summed E-state index contributed by atoms with van der Waals surface area (Å²) in [5.74, 6) is -1.37. The van der Waals surface area contributed by atoms with Crippen molar-refractivity contribution in [1.82, 2.24) is 4.57 Å². The minimum atomic E-state index is -0.949. The van der Waals surface area contributed by atoms with Crippen LogP contribution in [0.2, 0.25) is 0 Å². The van der Waals surface area contributed by atoms with E-state index in [4.69, 9.17) is 14.2 Å². The summed E-state index contributed by atoms with van der Waals surface area (Å²) in [6.07, 6.45) is 2.89. The van der Waals surface area contributed by atoms with Gasteiger partial charge in [0.2, 0.25) is 0 Å². The smallest absolute Gasteiger partial charge is 0.320 e. The fourth-order valence-electron chi connectivity index (χ4n) is 3.51. The van der Waals surface area contributed by atoms with Gasteiger partial charge in [-0.15, -0.1) is 0 Å². The number of halogens is 1. The SMILES string of the molecule is COC(=O)C(CCc1cn(Cc2ccc(Br)cc2)c2ccc(OC)cc12)C(=O)OC. The maximum atomic E-state index is 12.0. The molecule has 0 atom stereocenters. The predicted octanol–water partition coefficient (Wildman–Crippen LogP) is 4.36. The van der Waals surface area contributed by atoms with E-state index in [9.17, 15) is 9.59 Å². The molecule has 0 aliphatic rings. The lowest BCUT2D eigenvalue weighted by molar-refractivity contribution is -0.159. The van der Waals surface area contributed by atoms with Gasteiger partial charge in [0.25, 0.3) is 0 Å². The van der Waals surface area contributed by atoms with Crippen LogP contribution in [0.15, 0.2) is 53.1 Å². The quantitative estimate of drug-likeness (QED) is 0.359. The molecule has 0 radical (unpaired) electrons. The summed E-state index contributed by atoms with van der Waals surface area (Å²) in [5, 5.41) is 1.03. The van der Waals surface area contributed by atoms with Crippen molar-refractivity contribution in [2.24, 2.45) is 5.92 Å². The molecule has 2 aromatic carbocycles. The Morgan fingerprint density at radius 2 is 1.67 bits per heavy atom. The maximum absolute atomic E-state index is 12.0. The number of benzene rings is 2. The first kappa shape index (κ1) is 21.9. The van der Waals surface area contributed by atoms with Gasteiger partial charge in [0.05, 0.1) is 21.3 Å². The molecule has 0 amide bonds. The molecule has 1 heterocycles.